The smallest absolute Gasteiger partial charge is 0.262 e. The van der Waals surface area contributed by atoms with Crippen molar-refractivity contribution in [1.82, 2.24) is 14.5 Å². The van der Waals surface area contributed by atoms with Gasteiger partial charge in [0.05, 0.1) is 12.6 Å². The zero-order valence-corrected chi connectivity index (χ0v) is 17.3. The normalized spacial score (nSPS) is 22.6. The molecule has 2 rings (SSSR count). The van der Waals surface area contributed by atoms with E-state index in [0.29, 0.717) is 25.0 Å². The number of hydrogen-bond acceptors (Lipinski definition) is 7. The molecule has 10 nitrogen and oxygen atoms in total. The zero-order chi connectivity index (χ0) is 21.1. The fourth-order valence-electron chi connectivity index (χ4n) is 3.19. The van der Waals surface area contributed by atoms with E-state index in [-0.39, 0.29) is 43.0 Å². The second-order valence-corrected chi connectivity index (χ2v) is 9.10. The van der Waals surface area contributed by atoms with Gasteiger partial charge in [-0.15, -0.1) is 0 Å². The van der Waals surface area contributed by atoms with Gasteiger partial charge in [0.15, 0.2) is 17.5 Å². The molecule has 1 fully saturated rings. The van der Waals surface area contributed by atoms with Gasteiger partial charge in [-0.05, 0) is 26.2 Å². The zero-order valence-electron chi connectivity index (χ0n) is 16.4. The number of carbonyl (C=O) groups is 3. The van der Waals surface area contributed by atoms with Crippen LogP contribution in [0.25, 0.3) is 0 Å². The Hall–Kier alpha value is -2.14. The van der Waals surface area contributed by atoms with Crippen LogP contribution >= 0.6 is 0 Å². The molecule has 2 aliphatic heterocycles. The fourth-order valence-corrected chi connectivity index (χ4v) is 4.97. The molecule has 0 bridgehead atoms. The Bertz CT molecular complexity index is 779. The Morgan fingerprint density at radius 3 is 2.64 bits per heavy atom. The maximum absolute atomic E-state index is 12.9. The molecule has 0 aromatic rings. The van der Waals surface area contributed by atoms with Gasteiger partial charge in [-0.1, -0.05) is 6.92 Å². The number of primary amides is 1. The van der Waals surface area contributed by atoms with Crippen LogP contribution in [-0.2, 0) is 29.1 Å². The molecule has 0 radical (unpaired) electrons. The molecule has 1 unspecified atom stereocenters. The van der Waals surface area contributed by atoms with E-state index in [1.54, 1.807) is 20.9 Å². The molecule has 28 heavy (non-hydrogen) atoms. The number of ether oxygens (including phenoxy) is 1. The molecule has 0 spiro atoms. The molecule has 0 aromatic heterocycles. The summed E-state index contributed by atoms with van der Waals surface area (Å²) >= 11 is 0. The second kappa shape index (κ2) is 8.91. The molecule has 0 aliphatic carbocycles. The van der Waals surface area contributed by atoms with Crippen LogP contribution in [-0.4, -0.2) is 68.1 Å². The maximum atomic E-state index is 12.9. The van der Waals surface area contributed by atoms with Crippen molar-refractivity contribution in [2.24, 2.45) is 11.7 Å². The van der Waals surface area contributed by atoms with Crippen molar-refractivity contribution in [3.05, 3.63) is 10.8 Å². The summed E-state index contributed by atoms with van der Waals surface area (Å²) in [5, 5.41) is 2.71. The number of nitrogens with two attached hydrogens (primary N) is 1. The molecule has 2 amide bonds. The molecule has 1 saturated heterocycles. The van der Waals surface area contributed by atoms with Crippen LogP contribution in [0.3, 0.4) is 0 Å². The maximum Gasteiger partial charge on any atom is 0.262 e. The number of nitrogens with one attached hydrogen (secondary N) is 1. The summed E-state index contributed by atoms with van der Waals surface area (Å²) in [6.45, 7) is 3.23. The number of nitrogens with zero attached hydrogens (tertiary/aromatic N) is 2. The highest BCUT2D eigenvalue weighted by atomic mass is 32.2. The molecule has 11 heteroatoms. The molecule has 0 saturated carbocycles. The predicted molar refractivity (Wildman–Crippen MR) is 101 cm³/mol. The third-order valence-corrected chi connectivity index (χ3v) is 7.03. The molecular formula is C17H28N4O6S. The number of ketones is 1. The summed E-state index contributed by atoms with van der Waals surface area (Å²) in [6, 6.07) is -0.746. The lowest BCUT2D eigenvalue weighted by Gasteiger charge is -2.23. The average molecular weight is 417 g/mol. The summed E-state index contributed by atoms with van der Waals surface area (Å²) in [7, 11) is -2.26. The van der Waals surface area contributed by atoms with Crippen LogP contribution < -0.4 is 11.1 Å². The largest absolute Gasteiger partial charge is 0.475 e. The second-order valence-electron chi connectivity index (χ2n) is 7.24. The molecular weight excluding hydrogens is 388 g/mol. The van der Waals surface area contributed by atoms with E-state index < -0.39 is 27.9 Å². The summed E-state index contributed by atoms with van der Waals surface area (Å²) in [4.78, 5) is 37.2. The lowest BCUT2D eigenvalue weighted by Crippen LogP contribution is -2.45. The van der Waals surface area contributed by atoms with Gasteiger partial charge in [0.1, 0.15) is 5.76 Å². The average Bonchev–Trinajstić information content (AvgIpc) is 2.84. The summed E-state index contributed by atoms with van der Waals surface area (Å²) < 4.78 is 32.3. The van der Waals surface area contributed by atoms with E-state index in [1.165, 1.54) is 4.90 Å². The number of hydrogen-bond donors (Lipinski definition) is 2. The minimum Gasteiger partial charge on any atom is -0.475 e. The number of allylic oxidation sites excluding steroid dienone is 1. The molecule has 158 valence electrons. The highest BCUT2D eigenvalue weighted by molar-refractivity contribution is 7.93. The first-order chi connectivity index (χ1) is 13.0. The van der Waals surface area contributed by atoms with E-state index in [0.717, 1.165) is 4.31 Å². The lowest BCUT2D eigenvalue weighted by molar-refractivity contribution is -0.128. The highest BCUT2D eigenvalue weighted by Gasteiger charge is 2.38. The molecule has 0 aromatic carbocycles. The number of Topliss-reactive ketones (excluding diaryl/α,β-unsaturated/α-hetero) is 1. The minimum atomic E-state index is -3.87. The SMILES string of the molecule is CC1=C(S(=O)(=O)N2CCC[C@H](NC(=O)CCC(C)C(N)=O)C(=O)C2)N(C)CO1. The van der Waals surface area contributed by atoms with Crippen molar-refractivity contribution >= 4 is 27.6 Å². The molecule has 3 N–H and O–H groups in total. The van der Waals surface area contributed by atoms with E-state index >= 15 is 0 Å². The van der Waals surface area contributed by atoms with Crippen molar-refractivity contribution < 1.29 is 27.5 Å². The van der Waals surface area contributed by atoms with Crippen LogP contribution in [0.4, 0.5) is 0 Å². The van der Waals surface area contributed by atoms with Crippen LogP contribution in [0, 0.1) is 5.92 Å². The Labute approximate surface area is 165 Å². The van der Waals surface area contributed by atoms with Gasteiger partial charge < -0.3 is 20.7 Å². The lowest BCUT2D eigenvalue weighted by atomic mass is 10.0. The van der Waals surface area contributed by atoms with Crippen LogP contribution in [0.2, 0.25) is 0 Å². The van der Waals surface area contributed by atoms with Crippen molar-refractivity contribution in [1.29, 1.82) is 0 Å². The number of sulfonamides is 1. The number of rotatable bonds is 7. The molecule has 2 heterocycles. The van der Waals surface area contributed by atoms with E-state index in [4.69, 9.17) is 10.5 Å². The monoisotopic (exact) mass is 416 g/mol. The third kappa shape index (κ3) is 5.02. The Morgan fingerprint density at radius 1 is 1.39 bits per heavy atom. The van der Waals surface area contributed by atoms with Crippen molar-refractivity contribution in [2.75, 3.05) is 26.9 Å². The fraction of sp³-hybridized carbons (Fsp3) is 0.706. The third-order valence-electron chi connectivity index (χ3n) is 4.95. The van der Waals surface area contributed by atoms with Crippen LogP contribution in [0.15, 0.2) is 10.8 Å². The van der Waals surface area contributed by atoms with E-state index in [1.807, 2.05) is 0 Å². The van der Waals surface area contributed by atoms with Crippen molar-refractivity contribution in [2.45, 2.75) is 45.6 Å². The van der Waals surface area contributed by atoms with Gasteiger partial charge in [-0.2, -0.15) is 4.31 Å². The quantitative estimate of drug-likeness (QED) is 0.569. The summed E-state index contributed by atoms with van der Waals surface area (Å²) in [6.07, 6.45) is 1.16. The molecule has 2 atom stereocenters. The Morgan fingerprint density at radius 2 is 2.07 bits per heavy atom. The van der Waals surface area contributed by atoms with Crippen molar-refractivity contribution in [3.8, 4) is 0 Å². The Kier molecular flexibility index (Phi) is 7.05. The van der Waals surface area contributed by atoms with Gasteiger partial charge in [-0.25, -0.2) is 8.42 Å². The van der Waals surface area contributed by atoms with Crippen LogP contribution in [0.1, 0.15) is 39.5 Å². The number of amides is 2. The first-order valence-corrected chi connectivity index (χ1v) is 10.6. The Balaban J connectivity index is 2.00. The van der Waals surface area contributed by atoms with Crippen LogP contribution in [0.5, 0.6) is 0 Å². The topological polar surface area (TPSA) is 139 Å². The van der Waals surface area contributed by atoms with Gasteiger partial charge in [0.2, 0.25) is 11.8 Å². The standard InChI is InChI=1S/C17H28N4O6S/c1-11(16(18)24)6-7-15(23)19-13-5-4-8-21(9-14(13)22)28(25,26)17-12(2)27-10-20(17)3/h11,13H,4-10H2,1-3H3,(H2,18,24)(H,19,23)/t11?,13-/m0/s1. The minimum absolute atomic E-state index is 0.0585. The predicted octanol–water partition coefficient (Wildman–Crippen LogP) is -0.524. The highest BCUT2D eigenvalue weighted by Crippen LogP contribution is 2.27. The molecule has 2 aliphatic rings. The van der Waals surface area contributed by atoms with Gasteiger partial charge >= 0.3 is 0 Å². The number of carbonyl (C=O) groups excluding carboxylic acids is 3. The first kappa shape index (κ1) is 22.2. The van der Waals surface area contributed by atoms with Gasteiger partial charge in [0.25, 0.3) is 10.0 Å². The first-order valence-electron chi connectivity index (χ1n) is 9.20. The van der Waals surface area contributed by atoms with Gasteiger partial charge in [0, 0.05) is 25.9 Å². The summed E-state index contributed by atoms with van der Waals surface area (Å²) in [5.41, 5.74) is 5.17. The summed E-state index contributed by atoms with van der Waals surface area (Å²) in [5.74, 6) is -1.34. The van der Waals surface area contributed by atoms with E-state index in [2.05, 4.69) is 5.32 Å². The van der Waals surface area contributed by atoms with Crippen molar-refractivity contribution in [3.63, 3.8) is 0 Å². The van der Waals surface area contributed by atoms with Gasteiger partial charge in [-0.3, -0.25) is 14.4 Å². The van der Waals surface area contributed by atoms with E-state index in [9.17, 15) is 22.8 Å².